The molecule has 0 aliphatic heterocycles. The molecule has 0 bridgehead atoms. The van der Waals surface area contributed by atoms with E-state index in [0.717, 1.165) is 24.0 Å². The van der Waals surface area contributed by atoms with Crippen LogP contribution in [0.15, 0.2) is 39.0 Å². The monoisotopic (exact) mass is 305 g/mol. The second-order valence-electron chi connectivity index (χ2n) is 3.44. The molecular formula is C11H6F3NO2S2. The molecule has 3 nitrogen and oxygen atoms in total. The van der Waals surface area contributed by atoms with Gasteiger partial charge in [0, 0.05) is 21.9 Å². The lowest BCUT2D eigenvalue weighted by Gasteiger charge is -2.06. The van der Waals surface area contributed by atoms with E-state index >= 15 is 0 Å². The molecule has 2 heterocycles. The number of aromatic nitrogens is 1. The standard InChI is InChI=1S/C11H6F3NO2S2/c12-11(13,14)6-1-2-9(15-3-6)19-8-5-18-4-7(8)10(16)17/h1-5H,(H,16,17). The summed E-state index contributed by atoms with van der Waals surface area (Å²) < 4.78 is 37.0. The number of halogens is 3. The van der Waals surface area contributed by atoms with Crippen molar-refractivity contribution in [2.75, 3.05) is 0 Å². The van der Waals surface area contributed by atoms with Crippen molar-refractivity contribution in [1.82, 2.24) is 4.98 Å². The molecule has 0 aromatic carbocycles. The Bertz CT molecular complexity index is 593. The number of carbonyl (C=O) groups is 1. The summed E-state index contributed by atoms with van der Waals surface area (Å²) in [6, 6.07) is 2.14. The molecule has 0 saturated carbocycles. The zero-order chi connectivity index (χ0) is 14.0. The highest BCUT2D eigenvalue weighted by atomic mass is 32.2. The van der Waals surface area contributed by atoms with Crippen molar-refractivity contribution in [3.63, 3.8) is 0 Å². The number of alkyl halides is 3. The van der Waals surface area contributed by atoms with E-state index < -0.39 is 17.7 Å². The first kappa shape index (κ1) is 13.9. The van der Waals surface area contributed by atoms with Crippen LogP contribution in [-0.2, 0) is 6.18 Å². The fourth-order valence-corrected chi connectivity index (χ4v) is 3.08. The molecule has 8 heteroatoms. The Morgan fingerprint density at radius 3 is 2.58 bits per heavy atom. The summed E-state index contributed by atoms with van der Waals surface area (Å²) in [5, 5.41) is 12.3. The third kappa shape index (κ3) is 3.27. The van der Waals surface area contributed by atoms with Crippen molar-refractivity contribution in [3.05, 3.63) is 40.2 Å². The summed E-state index contributed by atoms with van der Waals surface area (Å²) in [7, 11) is 0. The molecule has 0 atom stereocenters. The summed E-state index contributed by atoms with van der Waals surface area (Å²) >= 11 is 2.23. The quantitative estimate of drug-likeness (QED) is 0.931. The van der Waals surface area contributed by atoms with E-state index in [-0.39, 0.29) is 5.56 Å². The highest BCUT2D eigenvalue weighted by molar-refractivity contribution is 7.99. The van der Waals surface area contributed by atoms with Crippen LogP contribution < -0.4 is 0 Å². The maximum Gasteiger partial charge on any atom is 0.417 e. The summed E-state index contributed by atoms with van der Waals surface area (Å²) in [6.07, 6.45) is -3.69. The lowest BCUT2D eigenvalue weighted by Crippen LogP contribution is -2.05. The normalized spacial score (nSPS) is 11.5. The lowest BCUT2D eigenvalue weighted by atomic mass is 10.3. The molecule has 0 saturated heterocycles. The van der Waals surface area contributed by atoms with E-state index in [1.165, 1.54) is 22.8 Å². The van der Waals surface area contributed by atoms with Crippen LogP contribution in [0.2, 0.25) is 0 Å². The second-order valence-corrected chi connectivity index (χ2v) is 5.25. The number of thiophene rings is 1. The Hall–Kier alpha value is -1.54. The Morgan fingerprint density at radius 1 is 1.32 bits per heavy atom. The molecule has 1 N–H and O–H groups in total. The number of hydrogen-bond donors (Lipinski definition) is 1. The predicted molar refractivity (Wildman–Crippen MR) is 64.6 cm³/mol. The number of nitrogens with zero attached hydrogens (tertiary/aromatic N) is 1. The number of rotatable bonds is 3. The smallest absolute Gasteiger partial charge is 0.417 e. The number of carboxylic acid groups (broad SMARTS) is 1. The van der Waals surface area contributed by atoms with Crippen molar-refractivity contribution in [1.29, 1.82) is 0 Å². The van der Waals surface area contributed by atoms with Crippen LogP contribution in [0.3, 0.4) is 0 Å². The highest BCUT2D eigenvalue weighted by Crippen LogP contribution is 2.34. The Kier molecular flexibility index (Phi) is 3.81. The summed E-state index contributed by atoms with van der Waals surface area (Å²) in [5.41, 5.74) is -0.711. The van der Waals surface area contributed by atoms with E-state index in [4.69, 9.17) is 5.11 Å². The molecular weight excluding hydrogens is 299 g/mol. The summed E-state index contributed by atoms with van der Waals surface area (Å²) in [5.74, 6) is -1.07. The van der Waals surface area contributed by atoms with E-state index in [2.05, 4.69) is 4.98 Å². The first-order valence-electron chi connectivity index (χ1n) is 4.88. The molecule has 0 aliphatic rings. The lowest BCUT2D eigenvalue weighted by molar-refractivity contribution is -0.137. The van der Waals surface area contributed by atoms with Gasteiger partial charge in [-0.3, -0.25) is 0 Å². The van der Waals surface area contributed by atoms with Crippen molar-refractivity contribution < 1.29 is 23.1 Å². The maximum atomic E-state index is 12.3. The SMILES string of the molecule is O=C(O)c1cscc1Sc1ccc(C(F)(F)F)cn1. The molecule has 0 radical (unpaired) electrons. The van der Waals surface area contributed by atoms with Crippen molar-refractivity contribution in [2.24, 2.45) is 0 Å². The molecule has 0 unspecified atom stereocenters. The third-order valence-corrected chi connectivity index (χ3v) is 4.04. The minimum Gasteiger partial charge on any atom is -0.478 e. The average Bonchev–Trinajstić information content (AvgIpc) is 2.77. The molecule has 2 aromatic heterocycles. The van der Waals surface area contributed by atoms with Gasteiger partial charge in [-0.05, 0) is 12.1 Å². The van der Waals surface area contributed by atoms with Gasteiger partial charge in [0.1, 0.15) is 5.03 Å². The highest BCUT2D eigenvalue weighted by Gasteiger charge is 2.30. The average molecular weight is 305 g/mol. The van der Waals surface area contributed by atoms with Gasteiger partial charge in [0.2, 0.25) is 0 Å². The Balaban J connectivity index is 2.20. The van der Waals surface area contributed by atoms with Crippen LogP contribution in [0, 0.1) is 0 Å². The Morgan fingerprint density at radius 2 is 2.05 bits per heavy atom. The van der Waals surface area contributed by atoms with Gasteiger partial charge in [-0.15, -0.1) is 0 Å². The number of hydrogen-bond acceptors (Lipinski definition) is 4. The molecule has 0 spiro atoms. The number of pyridine rings is 1. The number of aromatic carboxylic acids is 1. The van der Waals surface area contributed by atoms with Crippen LogP contribution in [0.1, 0.15) is 15.9 Å². The molecule has 0 fully saturated rings. The van der Waals surface area contributed by atoms with Gasteiger partial charge in [-0.25, -0.2) is 9.78 Å². The van der Waals surface area contributed by atoms with Crippen molar-refractivity contribution in [2.45, 2.75) is 16.1 Å². The zero-order valence-corrected chi connectivity index (χ0v) is 10.8. The summed E-state index contributed by atoms with van der Waals surface area (Å²) in [6.45, 7) is 0. The van der Waals surface area contributed by atoms with Gasteiger partial charge >= 0.3 is 12.1 Å². The van der Waals surface area contributed by atoms with E-state index in [1.807, 2.05) is 0 Å². The third-order valence-electron chi connectivity index (χ3n) is 2.14. The predicted octanol–water partition coefficient (Wildman–Crippen LogP) is 4.01. The minimum absolute atomic E-state index is 0.122. The van der Waals surface area contributed by atoms with Gasteiger partial charge in [0.25, 0.3) is 0 Å². The van der Waals surface area contributed by atoms with Gasteiger partial charge in [0.05, 0.1) is 11.1 Å². The first-order chi connectivity index (χ1) is 8.88. The van der Waals surface area contributed by atoms with Crippen LogP contribution >= 0.6 is 23.1 Å². The van der Waals surface area contributed by atoms with Crippen molar-refractivity contribution in [3.8, 4) is 0 Å². The van der Waals surface area contributed by atoms with Crippen LogP contribution in [-0.4, -0.2) is 16.1 Å². The molecule has 2 rings (SSSR count). The molecule has 19 heavy (non-hydrogen) atoms. The van der Waals surface area contributed by atoms with Crippen LogP contribution in [0.25, 0.3) is 0 Å². The van der Waals surface area contributed by atoms with Crippen LogP contribution in [0.4, 0.5) is 13.2 Å². The minimum atomic E-state index is -4.43. The van der Waals surface area contributed by atoms with Gasteiger partial charge in [-0.1, -0.05) is 11.8 Å². The largest absolute Gasteiger partial charge is 0.478 e. The second kappa shape index (κ2) is 5.22. The number of carboxylic acids is 1. The topological polar surface area (TPSA) is 50.2 Å². The summed E-state index contributed by atoms with van der Waals surface area (Å²) in [4.78, 5) is 15.0. The zero-order valence-electron chi connectivity index (χ0n) is 9.14. The molecule has 0 aliphatic carbocycles. The molecule has 100 valence electrons. The first-order valence-corrected chi connectivity index (χ1v) is 6.64. The fourth-order valence-electron chi connectivity index (χ4n) is 1.24. The fraction of sp³-hybridized carbons (Fsp3) is 0.0909. The van der Waals surface area contributed by atoms with Gasteiger partial charge < -0.3 is 5.11 Å². The van der Waals surface area contributed by atoms with E-state index in [0.29, 0.717) is 9.92 Å². The van der Waals surface area contributed by atoms with Crippen LogP contribution in [0.5, 0.6) is 0 Å². The molecule has 0 amide bonds. The van der Waals surface area contributed by atoms with E-state index in [1.54, 1.807) is 5.38 Å². The van der Waals surface area contributed by atoms with Gasteiger partial charge in [-0.2, -0.15) is 24.5 Å². The van der Waals surface area contributed by atoms with Gasteiger partial charge in [0.15, 0.2) is 0 Å². The Labute approximate surface area is 114 Å². The maximum absolute atomic E-state index is 12.3. The van der Waals surface area contributed by atoms with E-state index in [9.17, 15) is 18.0 Å². The van der Waals surface area contributed by atoms with Crippen molar-refractivity contribution >= 4 is 29.1 Å². The molecule has 2 aromatic rings.